The fraction of sp³-hybridized carbons (Fsp3) is 0.588. The van der Waals surface area contributed by atoms with Crippen LogP contribution in [-0.4, -0.2) is 59.3 Å². The predicted molar refractivity (Wildman–Crippen MR) is 83.4 cm³/mol. The number of rotatable bonds is 6. The van der Waals surface area contributed by atoms with Crippen LogP contribution in [0.15, 0.2) is 30.3 Å². The van der Waals surface area contributed by atoms with Gasteiger partial charge in [0.15, 0.2) is 0 Å². The molecule has 5 nitrogen and oxygen atoms in total. The zero-order chi connectivity index (χ0) is 15.4. The van der Waals surface area contributed by atoms with Gasteiger partial charge in [-0.3, -0.25) is 4.90 Å². The number of amides is 1. The molecule has 2 fully saturated rings. The molecule has 1 unspecified atom stereocenters. The van der Waals surface area contributed by atoms with Gasteiger partial charge in [0.25, 0.3) is 0 Å². The normalized spacial score (nSPS) is 21.4. The summed E-state index contributed by atoms with van der Waals surface area (Å²) in [6.45, 7) is 2.68. The lowest BCUT2D eigenvalue weighted by Crippen LogP contribution is -2.41. The number of aliphatic hydroxyl groups excluding tert-OH is 1. The fourth-order valence-corrected chi connectivity index (χ4v) is 3.17. The van der Waals surface area contributed by atoms with Gasteiger partial charge in [0.2, 0.25) is 0 Å². The SMILES string of the molecule is O=C(OCc1ccccc1)N1CCC(N(CCO)C2CC2)C1. The van der Waals surface area contributed by atoms with Gasteiger partial charge in [-0.2, -0.15) is 0 Å². The highest BCUT2D eigenvalue weighted by atomic mass is 16.6. The van der Waals surface area contributed by atoms with Crippen LogP contribution in [0.2, 0.25) is 0 Å². The molecule has 1 amide bonds. The summed E-state index contributed by atoms with van der Waals surface area (Å²) < 4.78 is 5.40. The number of likely N-dealkylation sites (tertiary alicyclic amines) is 1. The van der Waals surface area contributed by atoms with Gasteiger partial charge in [0.1, 0.15) is 6.61 Å². The summed E-state index contributed by atoms with van der Waals surface area (Å²) >= 11 is 0. The smallest absolute Gasteiger partial charge is 0.410 e. The number of carbonyl (C=O) groups excluding carboxylic acids is 1. The van der Waals surface area contributed by atoms with E-state index in [-0.39, 0.29) is 12.7 Å². The van der Waals surface area contributed by atoms with E-state index in [1.807, 2.05) is 30.3 Å². The van der Waals surface area contributed by atoms with Crippen molar-refractivity contribution in [3.8, 4) is 0 Å². The number of ether oxygens (including phenoxy) is 1. The van der Waals surface area contributed by atoms with E-state index in [0.29, 0.717) is 31.8 Å². The lowest BCUT2D eigenvalue weighted by Gasteiger charge is -2.28. The van der Waals surface area contributed by atoms with Gasteiger partial charge < -0.3 is 14.7 Å². The maximum Gasteiger partial charge on any atom is 0.410 e. The van der Waals surface area contributed by atoms with Crippen molar-refractivity contribution >= 4 is 6.09 Å². The van der Waals surface area contributed by atoms with Crippen molar-refractivity contribution in [1.82, 2.24) is 9.80 Å². The molecule has 22 heavy (non-hydrogen) atoms. The second-order valence-electron chi connectivity index (χ2n) is 6.12. The van der Waals surface area contributed by atoms with Crippen LogP contribution in [0.4, 0.5) is 4.79 Å². The summed E-state index contributed by atoms with van der Waals surface area (Å²) in [5.41, 5.74) is 1.01. The van der Waals surface area contributed by atoms with Crippen LogP contribution in [0.1, 0.15) is 24.8 Å². The second kappa shape index (κ2) is 7.11. The topological polar surface area (TPSA) is 53.0 Å². The third kappa shape index (κ3) is 3.78. The molecular weight excluding hydrogens is 280 g/mol. The van der Waals surface area contributed by atoms with Crippen LogP contribution in [0, 0.1) is 0 Å². The van der Waals surface area contributed by atoms with Gasteiger partial charge in [0, 0.05) is 31.7 Å². The molecule has 1 heterocycles. The van der Waals surface area contributed by atoms with Crippen LogP contribution in [0.5, 0.6) is 0 Å². The minimum Gasteiger partial charge on any atom is -0.445 e. The Morgan fingerprint density at radius 1 is 1.23 bits per heavy atom. The number of carbonyl (C=O) groups is 1. The molecule has 0 spiro atoms. The summed E-state index contributed by atoms with van der Waals surface area (Å²) in [4.78, 5) is 16.3. The van der Waals surface area contributed by atoms with Crippen LogP contribution in [-0.2, 0) is 11.3 Å². The molecule has 120 valence electrons. The van der Waals surface area contributed by atoms with E-state index in [4.69, 9.17) is 4.74 Å². The summed E-state index contributed by atoms with van der Waals surface area (Å²) in [7, 11) is 0. The number of nitrogens with zero attached hydrogens (tertiary/aromatic N) is 2. The van der Waals surface area contributed by atoms with Gasteiger partial charge in [-0.15, -0.1) is 0 Å². The Balaban J connectivity index is 1.48. The molecular formula is C17H24N2O3. The molecule has 0 radical (unpaired) electrons. The number of hydrogen-bond acceptors (Lipinski definition) is 4. The molecule has 3 rings (SSSR count). The third-order valence-corrected chi connectivity index (χ3v) is 4.47. The maximum atomic E-state index is 12.2. The highest BCUT2D eigenvalue weighted by Gasteiger charge is 2.38. The van der Waals surface area contributed by atoms with Crippen molar-refractivity contribution in [3.05, 3.63) is 35.9 Å². The van der Waals surface area contributed by atoms with Crippen molar-refractivity contribution in [2.45, 2.75) is 38.0 Å². The molecule has 1 saturated heterocycles. The van der Waals surface area contributed by atoms with Crippen molar-refractivity contribution < 1.29 is 14.6 Å². The molecule has 1 atom stereocenters. The van der Waals surface area contributed by atoms with E-state index in [1.165, 1.54) is 12.8 Å². The van der Waals surface area contributed by atoms with Crippen LogP contribution >= 0.6 is 0 Å². The average Bonchev–Trinajstić information content (AvgIpc) is 3.27. The van der Waals surface area contributed by atoms with Crippen LogP contribution < -0.4 is 0 Å². The van der Waals surface area contributed by atoms with Crippen LogP contribution in [0.3, 0.4) is 0 Å². The maximum absolute atomic E-state index is 12.2. The van der Waals surface area contributed by atoms with E-state index in [2.05, 4.69) is 4.90 Å². The predicted octanol–water partition coefficient (Wildman–Crippen LogP) is 1.85. The van der Waals surface area contributed by atoms with Crippen molar-refractivity contribution in [2.75, 3.05) is 26.2 Å². The Labute approximate surface area is 131 Å². The molecule has 1 aliphatic carbocycles. The highest BCUT2D eigenvalue weighted by Crippen LogP contribution is 2.31. The number of hydrogen-bond donors (Lipinski definition) is 1. The summed E-state index contributed by atoms with van der Waals surface area (Å²) in [6, 6.07) is 10.7. The molecule has 1 N–H and O–H groups in total. The fourth-order valence-electron chi connectivity index (χ4n) is 3.17. The summed E-state index contributed by atoms with van der Waals surface area (Å²) in [6.07, 6.45) is 3.17. The van der Waals surface area contributed by atoms with E-state index in [0.717, 1.165) is 18.5 Å². The molecule has 0 aromatic heterocycles. The first kappa shape index (κ1) is 15.3. The Bertz CT molecular complexity index is 490. The average molecular weight is 304 g/mol. The number of benzene rings is 1. The molecule has 1 aromatic carbocycles. The van der Waals surface area contributed by atoms with Gasteiger partial charge in [0.05, 0.1) is 6.61 Å². The van der Waals surface area contributed by atoms with Crippen molar-refractivity contribution in [1.29, 1.82) is 0 Å². The van der Waals surface area contributed by atoms with Gasteiger partial charge in [-0.05, 0) is 24.8 Å². The Hall–Kier alpha value is -1.59. The first-order chi connectivity index (χ1) is 10.8. The Kier molecular flexibility index (Phi) is 4.95. The van der Waals surface area contributed by atoms with Crippen LogP contribution in [0.25, 0.3) is 0 Å². The molecule has 1 aliphatic heterocycles. The van der Waals surface area contributed by atoms with E-state index in [9.17, 15) is 9.90 Å². The molecule has 1 saturated carbocycles. The largest absolute Gasteiger partial charge is 0.445 e. The third-order valence-electron chi connectivity index (χ3n) is 4.47. The monoisotopic (exact) mass is 304 g/mol. The minimum absolute atomic E-state index is 0.186. The zero-order valence-corrected chi connectivity index (χ0v) is 12.9. The first-order valence-corrected chi connectivity index (χ1v) is 8.10. The van der Waals surface area contributed by atoms with Gasteiger partial charge in [-0.25, -0.2) is 4.79 Å². The summed E-state index contributed by atoms with van der Waals surface area (Å²) in [5, 5.41) is 9.21. The Morgan fingerprint density at radius 3 is 2.68 bits per heavy atom. The van der Waals surface area contributed by atoms with E-state index < -0.39 is 0 Å². The molecule has 0 bridgehead atoms. The molecule has 5 heteroatoms. The Morgan fingerprint density at radius 2 is 2.00 bits per heavy atom. The first-order valence-electron chi connectivity index (χ1n) is 8.10. The van der Waals surface area contributed by atoms with Gasteiger partial charge in [-0.1, -0.05) is 30.3 Å². The van der Waals surface area contributed by atoms with E-state index >= 15 is 0 Å². The van der Waals surface area contributed by atoms with E-state index in [1.54, 1.807) is 4.90 Å². The minimum atomic E-state index is -0.230. The lowest BCUT2D eigenvalue weighted by molar-refractivity contribution is 0.0972. The quantitative estimate of drug-likeness (QED) is 0.871. The standard InChI is InChI=1S/C17H24N2O3/c20-11-10-19(15-6-7-15)16-8-9-18(12-16)17(21)22-13-14-4-2-1-3-5-14/h1-5,15-16,20H,6-13H2. The lowest BCUT2D eigenvalue weighted by atomic mass is 10.2. The highest BCUT2D eigenvalue weighted by molar-refractivity contribution is 5.68. The zero-order valence-electron chi connectivity index (χ0n) is 12.9. The molecule has 1 aromatic rings. The molecule has 2 aliphatic rings. The van der Waals surface area contributed by atoms with Crippen molar-refractivity contribution in [3.63, 3.8) is 0 Å². The second-order valence-corrected chi connectivity index (χ2v) is 6.12. The van der Waals surface area contributed by atoms with Crippen molar-refractivity contribution in [2.24, 2.45) is 0 Å². The van der Waals surface area contributed by atoms with Gasteiger partial charge >= 0.3 is 6.09 Å². The number of aliphatic hydroxyl groups is 1. The summed E-state index contributed by atoms with van der Waals surface area (Å²) in [5.74, 6) is 0.